The highest BCUT2D eigenvalue weighted by Gasteiger charge is 2.38. The Hall–Kier alpha value is -3.23. The number of anilines is 1. The van der Waals surface area contributed by atoms with Gasteiger partial charge in [0.15, 0.2) is 5.65 Å². The summed E-state index contributed by atoms with van der Waals surface area (Å²) < 4.78 is 54.2. The molecular formula is C31H36BrF3N6O4. The Labute approximate surface area is 267 Å². The van der Waals surface area contributed by atoms with Gasteiger partial charge in [0.1, 0.15) is 17.1 Å². The molecule has 10 nitrogen and oxygen atoms in total. The molecule has 1 saturated carbocycles. The largest absolute Gasteiger partial charge is 0.490 e. The maximum Gasteiger partial charge on any atom is 0.421 e. The van der Waals surface area contributed by atoms with E-state index in [0.717, 1.165) is 56.8 Å². The molecule has 3 aromatic rings. The van der Waals surface area contributed by atoms with E-state index in [2.05, 4.69) is 36.1 Å². The molecule has 6 rings (SSSR count). The zero-order valence-corrected chi connectivity index (χ0v) is 26.6. The highest BCUT2D eigenvalue weighted by molar-refractivity contribution is 9.10. The van der Waals surface area contributed by atoms with Gasteiger partial charge >= 0.3 is 6.18 Å². The van der Waals surface area contributed by atoms with Crippen LogP contribution in [0.15, 0.2) is 34.8 Å². The second-order valence-electron chi connectivity index (χ2n) is 11.9. The van der Waals surface area contributed by atoms with Gasteiger partial charge in [-0.3, -0.25) is 24.5 Å². The molecule has 1 atom stereocenters. The van der Waals surface area contributed by atoms with Gasteiger partial charge < -0.3 is 14.4 Å². The highest BCUT2D eigenvalue weighted by atomic mass is 79.9. The van der Waals surface area contributed by atoms with E-state index in [4.69, 9.17) is 14.5 Å². The molecule has 0 spiro atoms. The minimum absolute atomic E-state index is 0.0169. The van der Waals surface area contributed by atoms with Crippen molar-refractivity contribution in [1.82, 2.24) is 25.0 Å². The summed E-state index contributed by atoms with van der Waals surface area (Å²) in [7, 11) is 1.82. The van der Waals surface area contributed by atoms with Gasteiger partial charge in [0.25, 0.3) is 0 Å². The average molecular weight is 694 g/mol. The summed E-state index contributed by atoms with van der Waals surface area (Å²) in [5.74, 6) is -0.289. The maximum absolute atomic E-state index is 13.5. The SMILES string of the molecule is Cn1nc(C2CCC(=O)NC2=O)c2ccc(N3CCN(CCOC4CCC(Oc5cccc(Br)c5C(F)(F)F)CC4)CC3)nc21. The summed E-state index contributed by atoms with van der Waals surface area (Å²) in [4.78, 5) is 33.5. The minimum Gasteiger partial charge on any atom is -0.490 e. The summed E-state index contributed by atoms with van der Waals surface area (Å²) in [6.45, 7) is 4.77. The molecule has 1 aromatic carbocycles. The number of hydrogen-bond acceptors (Lipinski definition) is 8. The third-order valence-electron chi connectivity index (χ3n) is 8.90. The summed E-state index contributed by atoms with van der Waals surface area (Å²) >= 11 is 3.01. The maximum atomic E-state index is 13.5. The number of aryl methyl sites for hydroxylation is 1. The molecule has 1 unspecified atom stereocenters. The Morgan fingerprint density at radius 1 is 1.00 bits per heavy atom. The zero-order chi connectivity index (χ0) is 31.7. The summed E-state index contributed by atoms with van der Waals surface area (Å²) in [6, 6.07) is 8.25. The zero-order valence-electron chi connectivity index (χ0n) is 25.0. The number of pyridine rings is 1. The molecule has 1 aliphatic carbocycles. The fraction of sp³-hybridized carbons (Fsp3) is 0.548. The lowest BCUT2D eigenvalue weighted by molar-refractivity contribution is -0.140. The number of amides is 2. The fourth-order valence-corrected chi connectivity index (χ4v) is 7.03. The average Bonchev–Trinajstić information content (AvgIpc) is 3.33. The van der Waals surface area contributed by atoms with E-state index < -0.39 is 17.7 Å². The third kappa shape index (κ3) is 7.12. The van der Waals surface area contributed by atoms with E-state index in [1.54, 1.807) is 10.7 Å². The first-order valence-electron chi connectivity index (χ1n) is 15.4. The Morgan fingerprint density at radius 2 is 1.73 bits per heavy atom. The van der Waals surface area contributed by atoms with Gasteiger partial charge in [-0.15, -0.1) is 0 Å². The van der Waals surface area contributed by atoms with Gasteiger partial charge in [0, 0.05) is 56.1 Å². The number of aromatic nitrogens is 3. The molecule has 242 valence electrons. The Bertz CT molecular complexity index is 1550. The van der Waals surface area contributed by atoms with Crippen LogP contribution in [0.3, 0.4) is 0 Å². The number of carbonyl (C=O) groups excluding carboxylic acids is 2. The quantitative estimate of drug-likeness (QED) is 0.336. The van der Waals surface area contributed by atoms with Crippen LogP contribution < -0.4 is 15.0 Å². The standard InChI is InChI=1S/C31H36BrF3N6O4/c1-39-29-21(28(38-39)22-10-12-26(42)37-30(22)43)9-11-25(36-29)41-15-13-40(14-16-41)17-18-44-19-5-7-20(8-6-19)45-24-4-2-3-23(32)27(24)31(33,34)35/h2-4,9,11,19-20,22H,5-8,10,12-18H2,1H3,(H,37,42,43). The normalized spacial score (nSPS) is 23.4. The Morgan fingerprint density at radius 3 is 2.44 bits per heavy atom. The minimum atomic E-state index is -4.49. The number of rotatable bonds is 8. The van der Waals surface area contributed by atoms with Crippen LogP contribution in [0.1, 0.15) is 55.7 Å². The molecule has 3 fully saturated rings. The van der Waals surface area contributed by atoms with Crippen LogP contribution in [-0.2, 0) is 27.5 Å². The smallest absolute Gasteiger partial charge is 0.421 e. The second-order valence-corrected chi connectivity index (χ2v) is 12.7. The summed E-state index contributed by atoms with van der Waals surface area (Å²) in [5, 5.41) is 7.83. The van der Waals surface area contributed by atoms with E-state index in [1.807, 2.05) is 19.2 Å². The predicted octanol–water partition coefficient (Wildman–Crippen LogP) is 4.80. The lowest BCUT2D eigenvalue weighted by Crippen LogP contribution is -2.47. The molecule has 2 aromatic heterocycles. The van der Waals surface area contributed by atoms with Crippen molar-refractivity contribution in [3.8, 4) is 5.75 Å². The molecule has 14 heteroatoms. The van der Waals surface area contributed by atoms with Gasteiger partial charge in [0.2, 0.25) is 11.8 Å². The van der Waals surface area contributed by atoms with Crippen LogP contribution in [0, 0.1) is 0 Å². The number of imide groups is 1. The van der Waals surface area contributed by atoms with E-state index in [1.165, 1.54) is 12.1 Å². The first-order chi connectivity index (χ1) is 21.6. The van der Waals surface area contributed by atoms with Crippen molar-refractivity contribution in [1.29, 1.82) is 0 Å². The van der Waals surface area contributed by atoms with E-state index in [0.29, 0.717) is 43.6 Å². The van der Waals surface area contributed by atoms with Crippen LogP contribution in [0.5, 0.6) is 5.75 Å². The number of piperidine rings is 1. The number of nitrogens with one attached hydrogen (secondary N) is 1. The number of piperazine rings is 1. The molecule has 4 heterocycles. The van der Waals surface area contributed by atoms with E-state index >= 15 is 0 Å². The van der Waals surface area contributed by atoms with E-state index in [-0.39, 0.29) is 34.2 Å². The van der Waals surface area contributed by atoms with Crippen molar-refractivity contribution < 1.29 is 32.2 Å². The van der Waals surface area contributed by atoms with Crippen LogP contribution in [0.4, 0.5) is 19.0 Å². The molecule has 45 heavy (non-hydrogen) atoms. The van der Waals surface area contributed by atoms with Crippen molar-refractivity contribution in [3.63, 3.8) is 0 Å². The Kier molecular flexibility index (Phi) is 9.34. The lowest BCUT2D eigenvalue weighted by Gasteiger charge is -2.36. The summed E-state index contributed by atoms with van der Waals surface area (Å²) in [5.41, 5.74) is 0.596. The molecule has 2 aliphatic heterocycles. The second kappa shape index (κ2) is 13.2. The van der Waals surface area contributed by atoms with Gasteiger partial charge in [-0.05, 0) is 56.4 Å². The number of nitrogens with zero attached hydrogens (tertiary/aromatic N) is 5. The van der Waals surface area contributed by atoms with Gasteiger partial charge in [-0.1, -0.05) is 22.0 Å². The number of fused-ring (bicyclic) bond motifs is 1. The first kappa shape index (κ1) is 31.7. The molecule has 1 N–H and O–H groups in total. The number of halogens is 4. The van der Waals surface area contributed by atoms with Crippen molar-refractivity contribution in [3.05, 3.63) is 46.1 Å². The molecule has 3 aliphatic rings. The van der Waals surface area contributed by atoms with Crippen LogP contribution in [-0.4, -0.2) is 83.0 Å². The lowest BCUT2D eigenvalue weighted by atomic mass is 9.93. The van der Waals surface area contributed by atoms with Gasteiger partial charge in [0.05, 0.1) is 30.4 Å². The third-order valence-corrected chi connectivity index (χ3v) is 9.56. The highest BCUT2D eigenvalue weighted by Crippen LogP contribution is 2.42. The molecule has 0 bridgehead atoms. The van der Waals surface area contributed by atoms with Crippen molar-refractivity contribution >= 4 is 44.6 Å². The van der Waals surface area contributed by atoms with Gasteiger partial charge in [-0.25, -0.2) is 4.98 Å². The van der Waals surface area contributed by atoms with Gasteiger partial charge in [-0.2, -0.15) is 18.3 Å². The number of carbonyl (C=O) groups is 2. The van der Waals surface area contributed by atoms with Crippen LogP contribution in [0.2, 0.25) is 0 Å². The first-order valence-corrected chi connectivity index (χ1v) is 16.1. The Balaban J connectivity index is 0.945. The summed E-state index contributed by atoms with van der Waals surface area (Å²) in [6.07, 6.45) is -1.14. The number of ether oxygens (including phenoxy) is 2. The molecular weight excluding hydrogens is 657 g/mol. The number of alkyl halides is 3. The fourth-order valence-electron chi connectivity index (χ4n) is 6.46. The molecule has 2 saturated heterocycles. The number of benzene rings is 1. The predicted molar refractivity (Wildman–Crippen MR) is 164 cm³/mol. The molecule has 0 radical (unpaired) electrons. The topological polar surface area (TPSA) is 102 Å². The van der Waals surface area contributed by atoms with Crippen LogP contribution >= 0.6 is 15.9 Å². The van der Waals surface area contributed by atoms with Crippen LogP contribution in [0.25, 0.3) is 11.0 Å². The molecule has 2 amide bonds. The van der Waals surface area contributed by atoms with E-state index in [9.17, 15) is 22.8 Å². The van der Waals surface area contributed by atoms with Crippen molar-refractivity contribution in [2.24, 2.45) is 7.05 Å². The monoisotopic (exact) mass is 692 g/mol. The van der Waals surface area contributed by atoms with Crippen molar-refractivity contribution in [2.75, 3.05) is 44.2 Å². The number of hydrogen-bond donors (Lipinski definition) is 1. The van der Waals surface area contributed by atoms with Crippen molar-refractivity contribution in [2.45, 2.75) is 62.8 Å².